The Balaban J connectivity index is 1.48. The monoisotopic (exact) mass is 371 g/mol. The topological polar surface area (TPSA) is 78.3 Å². The first-order valence-corrected chi connectivity index (χ1v) is 8.56. The molecular weight excluding hydrogens is 350 g/mol. The van der Waals surface area contributed by atoms with Gasteiger partial charge in [-0.15, -0.1) is 8.78 Å². The Morgan fingerprint density at radius 3 is 2.65 bits per heavy atom. The smallest absolute Gasteiger partial charge is 0.466 e. The fourth-order valence-electron chi connectivity index (χ4n) is 3.16. The highest BCUT2D eigenvalue weighted by Crippen LogP contribution is 2.42. The molecule has 7 nitrogen and oxygen atoms in total. The molecule has 3 rings (SSSR count). The first kappa shape index (κ1) is 18.4. The maximum atomic E-state index is 13.0. The van der Waals surface area contributed by atoms with E-state index in [2.05, 4.69) is 14.8 Å². The number of fused-ring (bicyclic) bond motifs is 1. The van der Waals surface area contributed by atoms with E-state index in [0.717, 1.165) is 4.90 Å². The van der Waals surface area contributed by atoms with E-state index in [4.69, 9.17) is 4.74 Å². The number of benzene rings is 1. The SMILES string of the molecule is CCOC(=O)C1CC[NH+](CC(=O)Nc2ccc3c(c2)OC(F)(F)O3)CC1. The van der Waals surface area contributed by atoms with E-state index in [1.54, 1.807) is 6.92 Å². The van der Waals surface area contributed by atoms with Gasteiger partial charge in [0.15, 0.2) is 18.0 Å². The molecule has 1 saturated heterocycles. The van der Waals surface area contributed by atoms with Crippen LogP contribution in [0.5, 0.6) is 11.5 Å². The molecule has 1 aromatic rings. The lowest BCUT2D eigenvalue weighted by Crippen LogP contribution is -3.14. The Morgan fingerprint density at radius 2 is 1.96 bits per heavy atom. The van der Waals surface area contributed by atoms with Crippen LogP contribution in [0.2, 0.25) is 0 Å². The number of alkyl halides is 2. The second-order valence-electron chi connectivity index (χ2n) is 6.33. The number of amides is 1. The maximum absolute atomic E-state index is 13.0. The zero-order chi connectivity index (χ0) is 18.7. The van der Waals surface area contributed by atoms with E-state index < -0.39 is 6.29 Å². The minimum Gasteiger partial charge on any atom is -0.466 e. The normalized spacial score (nSPS) is 23.3. The summed E-state index contributed by atoms with van der Waals surface area (Å²) in [4.78, 5) is 25.0. The van der Waals surface area contributed by atoms with Crippen LogP contribution in [0.15, 0.2) is 18.2 Å². The molecule has 0 aromatic heterocycles. The Hall–Kier alpha value is -2.42. The lowest BCUT2D eigenvalue weighted by Gasteiger charge is -2.27. The number of rotatable bonds is 5. The predicted octanol–water partition coefficient (Wildman–Crippen LogP) is 0.805. The molecule has 1 amide bonds. The molecule has 26 heavy (non-hydrogen) atoms. The molecule has 2 N–H and O–H groups in total. The molecule has 2 heterocycles. The van der Waals surface area contributed by atoms with Gasteiger partial charge in [0.2, 0.25) is 0 Å². The first-order valence-electron chi connectivity index (χ1n) is 8.56. The first-order chi connectivity index (χ1) is 12.4. The average molecular weight is 371 g/mol. The highest BCUT2D eigenvalue weighted by Gasteiger charge is 2.43. The van der Waals surface area contributed by atoms with E-state index in [-0.39, 0.29) is 35.8 Å². The van der Waals surface area contributed by atoms with Crippen LogP contribution in [0.25, 0.3) is 0 Å². The van der Waals surface area contributed by atoms with Crippen LogP contribution in [0.3, 0.4) is 0 Å². The van der Waals surface area contributed by atoms with Gasteiger partial charge in [0.05, 0.1) is 25.6 Å². The lowest BCUT2D eigenvalue weighted by molar-refractivity contribution is -0.897. The summed E-state index contributed by atoms with van der Waals surface area (Å²) in [6, 6.07) is 4.10. The number of hydrogen-bond acceptors (Lipinski definition) is 5. The molecule has 2 aliphatic rings. The molecule has 0 spiro atoms. The number of carbonyl (C=O) groups excluding carboxylic acids is 2. The van der Waals surface area contributed by atoms with Crippen molar-refractivity contribution in [1.29, 1.82) is 0 Å². The molecule has 0 unspecified atom stereocenters. The molecule has 1 fully saturated rings. The van der Waals surface area contributed by atoms with Gasteiger partial charge in [0.1, 0.15) is 0 Å². The van der Waals surface area contributed by atoms with E-state index in [1.807, 2.05) is 0 Å². The number of halogens is 2. The molecule has 0 radical (unpaired) electrons. The van der Waals surface area contributed by atoms with Gasteiger partial charge in [-0.25, -0.2) is 0 Å². The summed E-state index contributed by atoms with van der Waals surface area (Å²) in [6.45, 7) is 3.78. The quantitative estimate of drug-likeness (QED) is 0.749. The third kappa shape index (κ3) is 4.40. The van der Waals surface area contributed by atoms with Crippen molar-refractivity contribution in [3.63, 3.8) is 0 Å². The second-order valence-corrected chi connectivity index (χ2v) is 6.33. The largest absolute Gasteiger partial charge is 0.586 e. The number of hydrogen-bond donors (Lipinski definition) is 2. The molecule has 0 saturated carbocycles. The number of anilines is 1. The molecular formula is C17H21F2N2O5+. The van der Waals surface area contributed by atoms with Crippen molar-refractivity contribution < 1.29 is 37.5 Å². The van der Waals surface area contributed by atoms with Crippen molar-refractivity contribution in [2.75, 3.05) is 31.6 Å². The Labute approximate surface area is 149 Å². The Kier molecular flexibility index (Phi) is 5.26. The van der Waals surface area contributed by atoms with Gasteiger partial charge in [0, 0.05) is 24.6 Å². The van der Waals surface area contributed by atoms with Crippen LogP contribution in [-0.4, -0.2) is 44.4 Å². The summed E-state index contributed by atoms with van der Waals surface area (Å²) in [7, 11) is 0. The van der Waals surface area contributed by atoms with Gasteiger partial charge >= 0.3 is 12.3 Å². The zero-order valence-corrected chi connectivity index (χ0v) is 14.3. The fraction of sp³-hybridized carbons (Fsp3) is 0.529. The van der Waals surface area contributed by atoms with Crippen molar-refractivity contribution in [3.05, 3.63) is 18.2 Å². The average Bonchev–Trinajstić information content (AvgIpc) is 2.88. The van der Waals surface area contributed by atoms with Gasteiger partial charge in [0.25, 0.3) is 5.91 Å². The number of esters is 1. The van der Waals surface area contributed by atoms with Crippen LogP contribution in [-0.2, 0) is 14.3 Å². The van der Waals surface area contributed by atoms with Crippen LogP contribution in [0.1, 0.15) is 19.8 Å². The van der Waals surface area contributed by atoms with Crippen LogP contribution >= 0.6 is 0 Å². The minimum atomic E-state index is -3.68. The van der Waals surface area contributed by atoms with E-state index in [9.17, 15) is 18.4 Å². The van der Waals surface area contributed by atoms with Crippen molar-refractivity contribution in [2.45, 2.75) is 26.1 Å². The van der Waals surface area contributed by atoms with Crippen LogP contribution in [0.4, 0.5) is 14.5 Å². The highest BCUT2D eigenvalue weighted by molar-refractivity contribution is 5.91. The number of quaternary nitrogens is 1. The molecule has 9 heteroatoms. The van der Waals surface area contributed by atoms with Gasteiger partial charge in [-0.05, 0) is 19.1 Å². The van der Waals surface area contributed by atoms with Gasteiger partial charge in [-0.2, -0.15) is 0 Å². The third-order valence-electron chi connectivity index (χ3n) is 4.41. The maximum Gasteiger partial charge on any atom is 0.586 e. The standard InChI is InChI=1S/C17H20F2N2O5/c1-2-24-16(23)11-5-7-21(8-6-11)10-15(22)20-12-3-4-13-14(9-12)26-17(18,19)25-13/h3-4,9,11H,2,5-8,10H2,1H3,(H,20,22)/p+1. The van der Waals surface area contributed by atoms with Crippen LogP contribution < -0.4 is 19.7 Å². The van der Waals surface area contributed by atoms with Crippen LogP contribution in [0, 0.1) is 5.92 Å². The number of likely N-dealkylation sites (tertiary alicyclic amines) is 1. The van der Waals surface area contributed by atoms with Gasteiger partial charge in [-0.1, -0.05) is 0 Å². The Bertz CT molecular complexity index is 690. The number of ether oxygens (including phenoxy) is 3. The lowest BCUT2D eigenvalue weighted by atomic mass is 9.97. The molecule has 0 atom stereocenters. The third-order valence-corrected chi connectivity index (χ3v) is 4.41. The second kappa shape index (κ2) is 7.45. The summed E-state index contributed by atoms with van der Waals surface area (Å²) in [6.07, 6.45) is -2.32. The Morgan fingerprint density at radius 1 is 1.27 bits per heavy atom. The van der Waals surface area contributed by atoms with Gasteiger partial charge < -0.3 is 24.4 Å². The van der Waals surface area contributed by atoms with E-state index in [1.165, 1.54) is 18.2 Å². The molecule has 0 bridgehead atoms. The molecule has 142 valence electrons. The van der Waals surface area contributed by atoms with Crippen molar-refractivity contribution in [3.8, 4) is 11.5 Å². The summed E-state index contributed by atoms with van der Waals surface area (Å²) in [5.74, 6) is -0.694. The zero-order valence-electron chi connectivity index (χ0n) is 14.3. The van der Waals surface area contributed by atoms with Crippen molar-refractivity contribution in [1.82, 2.24) is 0 Å². The van der Waals surface area contributed by atoms with E-state index >= 15 is 0 Å². The predicted molar refractivity (Wildman–Crippen MR) is 86.2 cm³/mol. The highest BCUT2D eigenvalue weighted by atomic mass is 19.3. The molecule has 0 aliphatic carbocycles. The number of carbonyl (C=O) groups is 2. The summed E-state index contributed by atoms with van der Waals surface area (Å²) >= 11 is 0. The summed E-state index contributed by atoms with van der Waals surface area (Å²) in [5.41, 5.74) is 0.357. The van der Waals surface area contributed by atoms with Crippen molar-refractivity contribution >= 4 is 17.6 Å². The van der Waals surface area contributed by atoms with E-state index in [0.29, 0.717) is 38.2 Å². The minimum absolute atomic E-state index is 0.0698. The number of piperidine rings is 1. The van der Waals surface area contributed by atoms with Gasteiger partial charge in [-0.3, -0.25) is 9.59 Å². The fourth-order valence-corrected chi connectivity index (χ4v) is 3.16. The van der Waals surface area contributed by atoms with Crippen molar-refractivity contribution in [2.24, 2.45) is 5.92 Å². The summed E-state index contributed by atoms with van der Waals surface area (Å²) < 4.78 is 39.7. The molecule has 2 aliphatic heterocycles. The number of nitrogens with one attached hydrogen (secondary N) is 2. The molecule has 1 aromatic carbocycles. The summed E-state index contributed by atoms with van der Waals surface area (Å²) in [5, 5.41) is 2.67.